The van der Waals surface area contributed by atoms with Gasteiger partial charge >= 0.3 is 0 Å². The molecular weight excluding hydrogens is 214 g/mol. The van der Waals surface area contributed by atoms with Crippen LogP contribution in [0.5, 0.6) is 5.75 Å². The molecule has 1 N–H and O–H groups in total. The minimum absolute atomic E-state index is 0.795. The average Bonchev–Trinajstić information content (AvgIpc) is 2.76. The summed E-state index contributed by atoms with van der Waals surface area (Å²) in [5.74, 6) is 0.870. The van der Waals surface area contributed by atoms with E-state index in [1.807, 2.05) is 49.2 Å². The van der Waals surface area contributed by atoms with E-state index in [9.17, 15) is 0 Å². The summed E-state index contributed by atoms with van der Waals surface area (Å²) < 4.78 is 7.05. The number of hydrogen-bond acceptors (Lipinski definition) is 3. The first-order valence-corrected chi connectivity index (χ1v) is 5.56. The Balaban J connectivity index is 2.45. The van der Waals surface area contributed by atoms with Crippen LogP contribution in [-0.4, -0.2) is 23.9 Å². The van der Waals surface area contributed by atoms with Gasteiger partial charge in [0.05, 0.1) is 12.8 Å². The Kier molecular flexibility index (Phi) is 3.44. The van der Waals surface area contributed by atoms with E-state index in [1.165, 1.54) is 5.56 Å². The van der Waals surface area contributed by atoms with Crippen LogP contribution in [0.15, 0.2) is 30.5 Å². The standard InChI is InChI=1S/C13H17N3O/c1-14-9-10-8-11(17-3)4-5-12(10)13-6-7-16(2)15-13/h4-8,14H,9H2,1-3H3. The van der Waals surface area contributed by atoms with Gasteiger partial charge in [0.25, 0.3) is 0 Å². The smallest absolute Gasteiger partial charge is 0.119 e. The van der Waals surface area contributed by atoms with Crippen LogP contribution < -0.4 is 10.1 Å². The molecule has 0 aliphatic carbocycles. The molecule has 0 spiro atoms. The van der Waals surface area contributed by atoms with E-state index < -0.39 is 0 Å². The second-order valence-electron chi connectivity index (χ2n) is 3.93. The maximum atomic E-state index is 5.24. The Hall–Kier alpha value is -1.81. The summed E-state index contributed by atoms with van der Waals surface area (Å²) in [5.41, 5.74) is 3.31. The number of rotatable bonds is 4. The Morgan fingerprint density at radius 2 is 2.18 bits per heavy atom. The summed E-state index contributed by atoms with van der Waals surface area (Å²) in [5, 5.41) is 7.59. The number of nitrogens with zero attached hydrogens (tertiary/aromatic N) is 2. The van der Waals surface area contributed by atoms with Crippen molar-refractivity contribution >= 4 is 0 Å². The molecule has 2 aromatic rings. The molecule has 0 bridgehead atoms. The van der Waals surface area contributed by atoms with Crippen molar-refractivity contribution < 1.29 is 4.74 Å². The minimum atomic E-state index is 0.795. The zero-order valence-corrected chi connectivity index (χ0v) is 10.4. The second-order valence-corrected chi connectivity index (χ2v) is 3.93. The molecule has 0 radical (unpaired) electrons. The highest BCUT2D eigenvalue weighted by Gasteiger charge is 2.08. The molecule has 4 nitrogen and oxygen atoms in total. The van der Waals surface area contributed by atoms with E-state index in [-0.39, 0.29) is 0 Å². The molecule has 0 saturated carbocycles. The SMILES string of the molecule is CNCc1cc(OC)ccc1-c1ccn(C)n1. The molecule has 0 aliphatic heterocycles. The fourth-order valence-corrected chi connectivity index (χ4v) is 1.84. The van der Waals surface area contributed by atoms with Crippen molar-refractivity contribution in [3.8, 4) is 17.0 Å². The lowest BCUT2D eigenvalue weighted by molar-refractivity contribution is 0.414. The Morgan fingerprint density at radius 3 is 2.76 bits per heavy atom. The number of aromatic nitrogens is 2. The van der Waals surface area contributed by atoms with E-state index in [2.05, 4.69) is 10.4 Å². The normalized spacial score (nSPS) is 10.5. The molecule has 0 fully saturated rings. The lowest BCUT2D eigenvalue weighted by Crippen LogP contribution is -2.07. The van der Waals surface area contributed by atoms with Gasteiger partial charge in [0.15, 0.2) is 0 Å². The van der Waals surface area contributed by atoms with Gasteiger partial charge in [-0.2, -0.15) is 5.10 Å². The maximum Gasteiger partial charge on any atom is 0.119 e. The topological polar surface area (TPSA) is 39.1 Å². The van der Waals surface area contributed by atoms with Crippen molar-refractivity contribution in [2.75, 3.05) is 14.2 Å². The molecule has 0 saturated heterocycles. The van der Waals surface area contributed by atoms with Gasteiger partial charge in [-0.1, -0.05) is 0 Å². The monoisotopic (exact) mass is 231 g/mol. The summed E-state index contributed by atoms with van der Waals surface area (Å²) >= 11 is 0. The summed E-state index contributed by atoms with van der Waals surface area (Å²) in [7, 11) is 5.53. The van der Waals surface area contributed by atoms with Crippen molar-refractivity contribution in [2.24, 2.45) is 7.05 Å². The number of nitrogens with one attached hydrogen (secondary N) is 1. The molecule has 2 rings (SSSR count). The molecule has 0 aliphatic rings. The molecule has 1 aromatic carbocycles. The van der Waals surface area contributed by atoms with E-state index in [4.69, 9.17) is 4.74 Å². The van der Waals surface area contributed by atoms with Crippen LogP contribution in [0, 0.1) is 0 Å². The number of benzene rings is 1. The van der Waals surface area contributed by atoms with Gasteiger partial charge in [0.2, 0.25) is 0 Å². The third kappa shape index (κ3) is 2.47. The lowest BCUT2D eigenvalue weighted by Gasteiger charge is -2.09. The molecule has 4 heteroatoms. The first-order valence-electron chi connectivity index (χ1n) is 5.56. The molecule has 90 valence electrons. The van der Waals surface area contributed by atoms with Crippen LogP contribution in [0.4, 0.5) is 0 Å². The van der Waals surface area contributed by atoms with Crippen LogP contribution in [0.1, 0.15) is 5.56 Å². The van der Waals surface area contributed by atoms with Crippen molar-refractivity contribution in [3.63, 3.8) is 0 Å². The highest BCUT2D eigenvalue weighted by molar-refractivity contribution is 5.64. The van der Waals surface area contributed by atoms with Crippen molar-refractivity contribution in [3.05, 3.63) is 36.0 Å². The number of aryl methyl sites for hydroxylation is 1. The predicted molar refractivity (Wildman–Crippen MR) is 68.0 cm³/mol. The fraction of sp³-hybridized carbons (Fsp3) is 0.308. The van der Waals surface area contributed by atoms with Gasteiger partial charge in [-0.25, -0.2) is 0 Å². The first kappa shape index (κ1) is 11.7. The van der Waals surface area contributed by atoms with E-state index in [1.54, 1.807) is 7.11 Å². The summed E-state index contributed by atoms with van der Waals surface area (Å²) in [6, 6.07) is 8.07. The highest BCUT2D eigenvalue weighted by atomic mass is 16.5. The van der Waals surface area contributed by atoms with E-state index >= 15 is 0 Å². The first-order chi connectivity index (χ1) is 8.24. The zero-order chi connectivity index (χ0) is 12.3. The van der Waals surface area contributed by atoms with Crippen LogP contribution >= 0.6 is 0 Å². The van der Waals surface area contributed by atoms with Crippen LogP contribution in [0.3, 0.4) is 0 Å². The average molecular weight is 231 g/mol. The maximum absolute atomic E-state index is 5.24. The van der Waals surface area contributed by atoms with Gasteiger partial charge in [0, 0.05) is 25.4 Å². The Labute approximate surface area is 101 Å². The summed E-state index contributed by atoms with van der Waals surface area (Å²) in [6.07, 6.45) is 1.95. The number of methoxy groups -OCH3 is 1. The molecule has 0 atom stereocenters. The quantitative estimate of drug-likeness (QED) is 0.872. The highest BCUT2D eigenvalue weighted by Crippen LogP contribution is 2.26. The summed E-state index contributed by atoms with van der Waals surface area (Å²) in [4.78, 5) is 0. The van der Waals surface area contributed by atoms with Gasteiger partial charge in [-0.3, -0.25) is 4.68 Å². The molecule has 0 amide bonds. The number of ether oxygens (including phenoxy) is 1. The van der Waals surface area contributed by atoms with Gasteiger partial charge in [-0.05, 0) is 36.9 Å². The van der Waals surface area contributed by atoms with E-state index in [0.717, 1.165) is 23.6 Å². The third-order valence-corrected chi connectivity index (χ3v) is 2.67. The zero-order valence-electron chi connectivity index (χ0n) is 10.4. The van der Waals surface area contributed by atoms with Gasteiger partial charge < -0.3 is 10.1 Å². The van der Waals surface area contributed by atoms with Crippen molar-refractivity contribution in [2.45, 2.75) is 6.54 Å². The Bertz CT molecular complexity index is 505. The van der Waals surface area contributed by atoms with Crippen LogP contribution in [0.25, 0.3) is 11.3 Å². The van der Waals surface area contributed by atoms with Gasteiger partial charge in [-0.15, -0.1) is 0 Å². The lowest BCUT2D eigenvalue weighted by atomic mass is 10.0. The molecule has 1 aromatic heterocycles. The fourth-order valence-electron chi connectivity index (χ4n) is 1.84. The molecule has 17 heavy (non-hydrogen) atoms. The molecular formula is C13H17N3O. The van der Waals surface area contributed by atoms with Crippen LogP contribution in [0.2, 0.25) is 0 Å². The van der Waals surface area contributed by atoms with Crippen molar-refractivity contribution in [1.29, 1.82) is 0 Å². The molecule has 0 unspecified atom stereocenters. The van der Waals surface area contributed by atoms with E-state index in [0.29, 0.717) is 0 Å². The van der Waals surface area contributed by atoms with Crippen molar-refractivity contribution in [1.82, 2.24) is 15.1 Å². The Morgan fingerprint density at radius 1 is 1.35 bits per heavy atom. The predicted octanol–water partition coefficient (Wildman–Crippen LogP) is 1.82. The summed E-state index contributed by atoms with van der Waals surface area (Å²) in [6.45, 7) is 0.795. The second kappa shape index (κ2) is 5.01. The van der Waals surface area contributed by atoms with Gasteiger partial charge in [0.1, 0.15) is 5.75 Å². The largest absolute Gasteiger partial charge is 0.497 e. The number of hydrogen-bond donors (Lipinski definition) is 1. The minimum Gasteiger partial charge on any atom is -0.497 e. The third-order valence-electron chi connectivity index (χ3n) is 2.67. The molecule has 1 heterocycles. The van der Waals surface area contributed by atoms with Crippen LogP contribution in [-0.2, 0) is 13.6 Å².